The highest BCUT2D eigenvalue weighted by atomic mass is 16.1. The maximum absolute atomic E-state index is 12.5. The summed E-state index contributed by atoms with van der Waals surface area (Å²) in [4.78, 5) is 12.5. The molecule has 1 heteroatoms. The van der Waals surface area contributed by atoms with Crippen LogP contribution in [0.4, 0.5) is 0 Å². The number of rotatable bonds is 5. The summed E-state index contributed by atoms with van der Waals surface area (Å²) in [5, 5.41) is 0. The molecule has 0 N–H and O–H groups in total. The lowest BCUT2D eigenvalue weighted by Crippen LogP contribution is -2.50. The summed E-state index contributed by atoms with van der Waals surface area (Å²) in [6, 6.07) is 0. The van der Waals surface area contributed by atoms with E-state index in [2.05, 4.69) is 60.6 Å². The lowest BCUT2D eigenvalue weighted by molar-refractivity contribution is -0.129. The van der Waals surface area contributed by atoms with Crippen molar-refractivity contribution in [2.75, 3.05) is 0 Å². The summed E-state index contributed by atoms with van der Waals surface area (Å²) in [5.41, 5.74) is 4.24. The molecular weight excluding hydrogens is 364 g/mol. The molecule has 0 aliphatic heterocycles. The van der Waals surface area contributed by atoms with Gasteiger partial charge in [0.25, 0.3) is 0 Å². The fraction of sp³-hybridized carbons (Fsp3) is 0.828. The fourth-order valence-electron chi connectivity index (χ4n) is 8.45. The number of carbonyl (C=O) groups is 1. The van der Waals surface area contributed by atoms with E-state index in [0.29, 0.717) is 22.5 Å². The minimum atomic E-state index is 0.211. The van der Waals surface area contributed by atoms with Gasteiger partial charge in [0.1, 0.15) is 5.78 Å². The van der Waals surface area contributed by atoms with Gasteiger partial charge in [0.05, 0.1) is 0 Å². The van der Waals surface area contributed by atoms with E-state index in [1.54, 1.807) is 11.1 Å². The molecule has 0 aromatic heterocycles. The summed E-state index contributed by atoms with van der Waals surface area (Å²) >= 11 is 0. The number of carbonyl (C=O) groups excluding carboxylic acids is 1. The topological polar surface area (TPSA) is 17.1 Å². The molecule has 0 unspecified atom stereocenters. The van der Waals surface area contributed by atoms with Crippen LogP contribution in [-0.4, -0.2) is 5.78 Å². The minimum absolute atomic E-state index is 0.211. The number of Topliss-reactive ketones (excluding diaryl/α,β-unsaturated/α-hetero) is 1. The molecule has 30 heavy (non-hydrogen) atoms. The second kappa shape index (κ2) is 7.63. The number of allylic oxidation sites excluding steroid dienone is 4. The average molecular weight is 411 g/mol. The molecule has 0 aromatic carbocycles. The SMILES string of the molecule is CC(C)CCC[C@@H](C)[C@H]1CC[C@@]2(C)C3=CC[C@H]4[C@H](C)C(=O)CC[C@]4(C)C3=CC[C@]12C. The Labute approximate surface area is 186 Å². The molecule has 0 spiro atoms. The van der Waals surface area contributed by atoms with E-state index in [4.69, 9.17) is 0 Å². The van der Waals surface area contributed by atoms with Crippen molar-refractivity contribution in [1.29, 1.82) is 0 Å². The van der Waals surface area contributed by atoms with Crippen molar-refractivity contribution in [3.8, 4) is 0 Å². The molecule has 4 aliphatic carbocycles. The molecule has 4 rings (SSSR count). The van der Waals surface area contributed by atoms with Gasteiger partial charge in [0, 0.05) is 12.3 Å². The Bertz CT molecular complexity index is 756. The fourth-order valence-corrected chi connectivity index (χ4v) is 8.45. The van der Waals surface area contributed by atoms with Crippen LogP contribution >= 0.6 is 0 Å². The van der Waals surface area contributed by atoms with Gasteiger partial charge in [-0.3, -0.25) is 4.79 Å². The Morgan fingerprint density at radius 1 is 1.03 bits per heavy atom. The molecule has 0 radical (unpaired) electrons. The number of ketones is 1. The first-order valence-corrected chi connectivity index (χ1v) is 13.0. The van der Waals surface area contributed by atoms with Crippen LogP contribution in [0.5, 0.6) is 0 Å². The lowest BCUT2D eigenvalue weighted by Gasteiger charge is -2.58. The second-order valence-corrected chi connectivity index (χ2v) is 12.7. The van der Waals surface area contributed by atoms with E-state index < -0.39 is 0 Å². The maximum Gasteiger partial charge on any atom is 0.136 e. The second-order valence-electron chi connectivity index (χ2n) is 12.7. The summed E-state index contributed by atoms with van der Waals surface area (Å²) in [6.07, 6.45) is 16.3. The molecule has 168 valence electrons. The quantitative estimate of drug-likeness (QED) is 0.447. The van der Waals surface area contributed by atoms with E-state index in [1.165, 1.54) is 38.5 Å². The van der Waals surface area contributed by atoms with Crippen LogP contribution in [0, 0.1) is 45.8 Å². The van der Waals surface area contributed by atoms with E-state index >= 15 is 0 Å². The predicted molar refractivity (Wildman–Crippen MR) is 127 cm³/mol. The first kappa shape index (κ1) is 22.3. The van der Waals surface area contributed by atoms with E-state index in [9.17, 15) is 4.79 Å². The van der Waals surface area contributed by atoms with Crippen molar-refractivity contribution in [1.82, 2.24) is 0 Å². The highest BCUT2D eigenvalue weighted by Gasteiger charge is 2.61. The van der Waals surface area contributed by atoms with Crippen LogP contribution < -0.4 is 0 Å². The van der Waals surface area contributed by atoms with Gasteiger partial charge in [-0.1, -0.05) is 79.9 Å². The summed E-state index contributed by atoms with van der Waals surface area (Å²) in [5.74, 6) is 3.72. The highest BCUT2D eigenvalue weighted by molar-refractivity contribution is 5.82. The van der Waals surface area contributed by atoms with Crippen molar-refractivity contribution in [2.45, 2.75) is 106 Å². The van der Waals surface area contributed by atoms with Gasteiger partial charge in [-0.05, 0) is 83.2 Å². The monoisotopic (exact) mass is 410 g/mol. The van der Waals surface area contributed by atoms with Gasteiger partial charge >= 0.3 is 0 Å². The molecule has 0 bridgehead atoms. The molecule has 0 aromatic rings. The van der Waals surface area contributed by atoms with Crippen LogP contribution in [0.3, 0.4) is 0 Å². The number of fused-ring (bicyclic) bond motifs is 5. The largest absolute Gasteiger partial charge is 0.299 e. The molecule has 2 fully saturated rings. The predicted octanol–water partition coefficient (Wildman–Crippen LogP) is 8.15. The third-order valence-electron chi connectivity index (χ3n) is 10.8. The summed E-state index contributed by atoms with van der Waals surface area (Å²) < 4.78 is 0. The number of hydrogen-bond donors (Lipinski definition) is 0. The first-order chi connectivity index (χ1) is 14.0. The zero-order valence-electron chi connectivity index (χ0n) is 20.8. The zero-order valence-corrected chi connectivity index (χ0v) is 20.8. The van der Waals surface area contributed by atoms with Gasteiger partial charge in [-0.2, -0.15) is 0 Å². The summed E-state index contributed by atoms with van der Waals surface area (Å²) in [6.45, 7) is 17.2. The van der Waals surface area contributed by atoms with Gasteiger partial charge in [-0.25, -0.2) is 0 Å². The third-order valence-corrected chi connectivity index (χ3v) is 10.8. The van der Waals surface area contributed by atoms with Crippen molar-refractivity contribution in [3.05, 3.63) is 23.3 Å². The molecule has 0 heterocycles. The van der Waals surface area contributed by atoms with Gasteiger partial charge in [0.15, 0.2) is 0 Å². The molecule has 0 saturated heterocycles. The highest BCUT2D eigenvalue weighted by Crippen LogP contribution is 2.70. The maximum atomic E-state index is 12.5. The van der Waals surface area contributed by atoms with E-state index in [-0.39, 0.29) is 11.3 Å². The van der Waals surface area contributed by atoms with Gasteiger partial charge < -0.3 is 0 Å². The third kappa shape index (κ3) is 3.12. The Morgan fingerprint density at radius 3 is 2.47 bits per heavy atom. The van der Waals surface area contributed by atoms with Gasteiger partial charge in [0.2, 0.25) is 0 Å². The van der Waals surface area contributed by atoms with Crippen LogP contribution in [0.25, 0.3) is 0 Å². The lowest BCUT2D eigenvalue weighted by atomic mass is 9.46. The smallest absolute Gasteiger partial charge is 0.136 e. The average Bonchev–Trinajstić information content (AvgIpc) is 2.96. The number of hydrogen-bond acceptors (Lipinski definition) is 1. The molecule has 2 saturated carbocycles. The Kier molecular flexibility index (Phi) is 5.68. The normalized spacial score (nSPS) is 44.1. The minimum Gasteiger partial charge on any atom is -0.299 e. The van der Waals surface area contributed by atoms with Crippen molar-refractivity contribution < 1.29 is 4.79 Å². The van der Waals surface area contributed by atoms with Crippen LogP contribution in [0.1, 0.15) is 106 Å². The van der Waals surface area contributed by atoms with Crippen molar-refractivity contribution in [3.63, 3.8) is 0 Å². The van der Waals surface area contributed by atoms with Crippen LogP contribution in [0.15, 0.2) is 23.3 Å². The Balaban J connectivity index is 1.62. The first-order valence-electron chi connectivity index (χ1n) is 13.0. The van der Waals surface area contributed by atoms with E-state index in [0.717, 1.165) is 37.0 Å². The zero-order chi connectivity index (χ0) is 21.9. The standard InChI is InChI=1S/C29H46O/c1-19(2)9-8-10-20(3)22-13-17-29(7)25-12-11-23-21(4)26(30)15-16-27(23,5)24(25)14-18-28(22,29)6/h12,14,19-23H,8-11,13,15-18H2,1-7H3/t20-,21+,22-,23+,27+,28-,29+/m1/s1. The molecule has 7 atom stereocenters. The van der Waals surface area contributed by atoms with Crippen LogP contribution in [0.2, 0.25) is 0 Å². The van der Waals surface area contributed by atoms with Crippen molar-refractivity contribution >= 4 is 5.78 Å². The molecule has 4 aliphatic rings. The molecule has 1 nitrogen and oxygen atoms in total. The van der Waals surface area contributed by atoms with E-state index in [1.807, 2.05) is 0 Å². The Hall–Kier alpha value is -0.850. The van der Waals surface area contributed by atoms with Crippen LogP contribution in [-0.2, 0) is 4.79 Å². The molecule has 0 amide bonds. The Morgan fingerprint density at radius 2 is 1.77 bits per heavy atom. The summed E-state index contributed by atoms with van der Waals surface area (Å²) in [7, 11) is 0. The van der Waals surface area contributed by atoms with Gasteiger partial charge in [-0.15, -0.1) is 0 Å². The van der Waals surface area contributed by atoms with Crippen molar-refractivity contribution in [2.24, 2.45) is 45.8 Å². The molecular formula is C29H46O.